The highest BCUT2D eigenvalue weighted by Gasteiger charge is 2.19. The van der Waals surface area contributed by atoms with Crippen LogP contribution in [0.3, 0.4) is 0 Å². The molecule has 0 aliphatic rings. The molecule has 0 aliphatic heterocycles. The Morgan fingerprint density at radius 2 is 1.97 bits per heavy atom. The summed E-state index contributed by atoms with van der Waals surface area (Å²) in [5.74, 6) is 2.24. The van der Waals surface area contributed by atoms with Crippen LogP contribution in [0.1, 0.15) is 25.2 Å². The predicted octanol–water partition coefficient (Wildman–Crippen LogP) is 4.66. The van der Waals surface area contributed by atoms with Crippen LogP contribution >= 0.6 is 11.3 Å². The molecule has 0 unspecified atom stereocenters. The highest BCUT2D eigenvalue weighted by Crippen LogP contribution is 2.32. The fraction of sp³-hybridized carbons (Fsp3) is 0.333. The maximum atomic E-state index is 13.7. The van der Waals surface area contributed by atoms with Crippen LogP contribution in [-0.2, 0) is 13.0 Å². The predicted molar refractivity (Wildman–Crippen MR) is 125 cm³/mol. The number of nitrogens with zero attached hydrogens (tertiary/aromatic N) is 3. The van der Waals surface area contributed by atoms with Crippen LogP contribution in [-0.4, -0.2) is 41.2 Å². The standard InChI is InChI=1S/C24H27N3O3S/c1-4-26(5-2)12-13-27-21(15-17-9-6-7-10-19(17)29-3)25-23-22(24(27)28)18(16-31-23)20-11-8-14-30-20/h6-11,14,16H,4-5,12-13,15H2,1-3H3. The molecule has 4 rings (SSSR count). The van der Waals surface area contributed by atoms with Crippen LogP contribution in [0.25, 0.3) is 21.5 Å². The van der Waals surface area contributed by atoms with Gasteiger partial charge in [0.2, 0.25) is 0 Å². The Hall–Kier alpha value is -2.90. The molecule has 31 heavy (non-hydrogen) atoms. The molecule has 4 aromatic rings. The average molecular weight is 438 g/mol. The van der Waals surface area contributed by atoms with Crippen LogP contribution in [0.4, 0.5) is 0 Å². The van der Waals surface area contributed by atoms with Gasteiger partial charge in [0.1, 0.15) is 22.2 Å². The lowest BCUT2D eigenvalue weighted by molar-refractivity contribution is 0.287. The SMILES string of the molecule is CCN(CC)CCn1c(Cc2ccccc2OC)nc2scc(-c3ccco3)c2c1=O. The number of hydrogen-bond acceptors (Lipinski definition) is 6. The van der Waals surface area contributed by atoms with Crippen LogP contribution in [0.15, 0.2) is 57.3 Å². The summed E-state index contributed by atoms with van der Waals surface area (Å²) < 4.78 is 12.9. The van der Waals surface area contributed by atoms with E-state index < -0.39 is 0 Å². The van der Waals surface area contributed by atoms with E-state index in [9.17, 15) is 4.79 Å². The van der Waals surface area contributed by atoms with Crippen LogP contribution in [0, 0.1) is 0 Å². The second-order valence-electron chi connectivity index (χ2n) is 7.31. The summed E-state index contributed by atoms with van der Waals surface area (Å²) in [4.78, 5) is 21.7. The minimum absolute atomic E-state index is 0.0188. The number of aromatic nitrogens is 2. The molecule has 0 saturated carbocycles. The van der Waals surface area contributed by atoms with Crippen molar-refractivity contribution < 1.29 is 9.15 Å². The van der Waals surface area contributed by atoms with Gasteiger partial charge >= 0.3 is 0 Å². The molecule has 0 saturated heterocycles. The number of ether oxygens (including phenoxy) is 1. The molecule has 0 amide bonds. The summed E-state index contributed by atoms with van der Waals surface area (Å²) in [6, 6.07) is 11.6. The van der Waals surface area contributed by atoms with Crippen molar-refractivity contribution in [1.29, 1.82) is 0 Å². The minimum Gasteiger partial charge on any atom is -0.496 e. The number of hydrogen-bond donors (Lipinski definition) is 0. The number of thiophene rings is 1. The van der Waals surface area contributed by atoms with Crippen molar-refractivity contribution in [3.8, 4) is 17.1 Å². The third-order valence-electron chi connectivity index (χ3n) is 5.63. The highest BCUT2D eigenvalue weighted by atomic mass is 32.1. The Morgan fingerprint density at radius 3 is 2.68 bits per heavy atom. The van der Waals surface area contributed by atoms with Crippen LogP contribution in [0.5, 0.6) is 5.75 Å². The molecular weight excluding hydrogens is 410 g/mol. The zero-order valence-corrected chi connectivity index (χ0v) is 18.9. The van der Waals surface area contributed by atoms with Crippen LogP contribution in [0.2, 0.25) is 0 Å². The van der Waals surface area contributed by atoms with Crippen molar-refractivity contribution in [2.75, 3.05) is 26.7 Å². The van der Waals surface area contributed by atoms with E-state index in [4.69, 9.17) is 14.1 Å². The number of fused-ring (bicyclic) bond motifs is 1. The quantitative estimate of drug-likeness (QED) is 0.381. The molecule has 0 bridgehead atoms. The number of methoxy groups -OCH3 is 1. The summed E-state index contributed by atoms with van der Waals surface area (Å²) in [7, 11) is 1.66. The van der Waals surface area contributed by atoms with E-state index in [2.05, 4.69) is 18.7 Å². The number of likely N-dealkylation sites (N-methyl/N-ethyl adjacent to an activating group) is 1. The molecule has 0 spiro atoms. The summed E-state index contributed by atoms with van der Waals surface area (Å²) in [5.41, 5.74) is 1.80. The van der Waals surface area contributed by atoms with E-state index >= 15 is 0 Å². The molecule has 0 N–H and O–H groups in total. The Balaban J connectivity index is 1.83. The first-order chi connectivity index (χ1) is 15.2. The Kier molecular flexibility index (Phi) is 6.53. The van der Waals surface area contributed by atoms with Gasteiger partial charge in [-0.3, -0.25) is 9.36 Å². The third kappa shape index (κ3) is 4.29. The van der Waals surface area contributed by atoms with E-state index in [-0.39, 0.29) is 5.56 Å². The van der Waals surface area contributed by atoms with Gasteiger partial charge in [0.15, 0.2) is 0 Å². The smallest absolute Gasteiger partial charge is 0.263 e. The fourth-order valence-corrected chi connectivity index (χ4v) is 4.78. The van der Waals surface area contributed by atoms with Gasteiger partial charge < -0.3 is 14.1 Å². The first-order valence-corrected chi connectivity index (χ1v) is 11.4. The summed E-state index contributed by atoms with van der Waals surface area (Å²) in [6.07, 6.45) is 2.16. The van der Waals surface area contributed by atoms with Crippen molar-refractivity contribution in [2.45, 2.75) is 26.8 Å². The summed E-state index contributed by atoms with van der Waals surface area (Å²) in [5, 5.41) is 2.59. The van der Waals surface area contributed by atoms with Gasteiger partial charge in [-0.05, 0) is 31.3 Å². The lowest BCUT2D eigenvalue weighted by Crippen LogP contribution is -2.33. The average Bonchev–Trinajstić information content (AvgIpc) is 3.46. The fourth-order valence-electron chi connectivity index (χ4n) is 3.85. The van der Waals surface area contributed by atoms with Gasteiger partial charge in [0, 0.05) is 36.0 Å². The normalized spacial score (nSPS) is 11.5. The second kappa shape index (κ2) is 9.49. The van der Waals surface area contributed by atoms with E-state index in [1.165, 1.54) is 11.3 Å². The summed E-state index contributed by atoms with van der Waals surface area (Å²) >= 11 is 1.48. The van der Waals surface area contributed by atoms with Crippen molar-refractivity contribution in [1.82, 2.24) is 14.5 Å². The van der Waals surface area contributed by atoms with Gasteiger partial charge in [-0.2, -0.15) is 0 Å². The molecule has 3 aromatic heterocycles. The maximum absolute atomic E-state index is 13.7. The molecule has 6 nitrogen and oxygen atoms in total. The van der Waals surface area contributed by atoms with E-state index in [1.54, 1.807) is 13.4 Å². The second-order valence-corrected chi connectivity index (χ2v) is 8.17. The molecule has 7 heteroatoms. The van der Waals surface area contributed by atoms with Gasteiger partial charge in [-0.25, -0.2) is 4.98 Å². The molecular formula is C24H27N3O3S. The Bertz CT molecular complexity index is 1210. The van der Waals surface area contributed by atoms with Crippen molar-refractivity contribution in [3.05, 3.63) is 69.8 Å². The monoisotopic (exact) mass is 437 g/mol. The molecule has 3 heterocycles. The van der Waals surface area contributed by atoms with E-state index in [0.717, 1.165) is 47.2 Å². The van der Waals surface area contributed by atoms with Gasteiger partial charge in [-0.15, -0.1) is 11.3 Å². The minimum atomic E-state index is -0.0188. The van der Waals surface area contributed by atoms with Gasteiger partial charge in [0.05, 0.1) is 18.8 Å². The first kappa shape index (κ1) is 21.3. The van der Waals surface area contributed by atoms with Crippen molar-refractivity contribution >= 4 is 21.6 Å². The van der Waals surface area contributed by atoms with Crippen molar-refractivity contribution in [2.24, 2.45) is 0 Å². The summed E-state index contributed by atoms with van der Waals surface area (Å²) in [6.45, 7) is 7.53. The molecule has 1 aromatic carbocycles. The molecule has 0 fully saturated rings. The van der Waals surface area contributed by atoms with E-state index in [0.29, 0.717) is 24.1 Å². The number of para-hydroxylation sites is 1. The van der Waals surface area contributed by atoms with E-state index in [1.807, 2.05) is 46.3 Å². The number of rotatable bonds is 9. The lowest BCUT2D eigenvalue weighted by atomic mass is 10.1. The largest absolute Gasteiger partial charge is 0.496 e. The third-order valence-corrected chi connectivity index (χ3v) is 6.51. The molecule has 0 aliphatic carbocycles. The Morgan fingerprint density at radius 1 is 1.16 bits per heavy atom. The zero-order valence-electron chi connectivity index (χ0n) is 18.1. The highest BCUT2D eigenvalue weighted by molar-refractivity contribution is 7.17. The molecule has 0 atom stereocenters. The first-order valence-electron chi connectivity index (χ1n) is 10.5. The van der Waals surface area contributed by atoms with Gasteiger partial charge in [-0.1, -0.05) is 32.0 Å². The molecule has 0 radical (unpaired) electrons. The number of furan rings is 1. The maximum Gasteiger partial charge on any atom is 0.263 e. The number of benzene rings is 1. The van der Waals surface area contributed by atoms with Gasteiger partial charge in [0.25, 0.3) is 5.56 Å². The topological polar surface area (TPSA) is 60.5 Å². The Labute approximate surface area is 185 Å². The zero-order chi connectivity index (χ0) is 21.8. The lowest BCUT2D eigenvalue weighted by Gasteiger charge is -2.20. The van der Waals surface area contributed by atoms with Crippen LogP contribution < -0.4 is 10.3 Å². The molecule has 162 valence electrons. The van der Waals surface area contributed by atoms with Crippen molar-refractivity contribution in [3.63, 3.8) is 0 Å².